The average molecular weight is 327 g/mol. The molecular weight excluding hydrogens is 308 g/mol. The lowest BCUT2D eigenvalue weighted by atomic mass is 9.99. The number of methoxy groups -OCH3 is 1. The van der Waals surface area contributed by atoms with Crippen molar-refractivity contribution >= 4 is 21.8 Å². The molecule has 4 nitrogen and oxygen atoms in total. The number of rotatable bonds is 4. The zero-order chi connectivity index (χ0) is 13.7. The van der Waals surface area contributed by atoms with Gasteiger partial charge in [-0.15, -0.1) is 0 Å². The predicted octanol–water partition coefficient (Wildman–Crippen LogP) is 2.07. The maximum absolute atomic E-state index is 12.0. The van der Waals surface area contributed by atoms with Gasteiger partial charge in [0, 0.05) is 13.1 Å². The number of benzene rings is 1. The Morgan fingerprint density at radius 2 is 2.42 bits per heavy atom. The van der Waals surface area contributed by atoms with Crippen LogP contribution >= 0.6 is 15.9 Å². The minimum absolute atomic E-state index is 0.107. The smallest absolute Gasteiger partial charge is 0.224 e. The molecule has 1 heterocycles. The molecular formula is C14H19BrN2O2. The minimum atomic E-state index is 0.107. The topological polar surface area (TPSA) is 50.4 Å². The number of hydrogen-bond donors (Lipinski definition) is 2. The Hall–Kier alpha value is -1.07. The van der Waals surface area contributed by atoms with E-state index in [2.05, 4.69) is 26.6 Å². The highest BCUT2D eigenvalue weighted by Crippen LogP contribution is 2.25. The number of ether oxygens (including phenoxy) is 1. The summed E-state index contributed by atoms with van der Waals surface area (Å²) in [6.45, 7) is 2.37. The molecule has 0 aromatic heterocycles. The predicted molar refractivity (Wildman–Crippen MR) is 78.1 cm³/mol. The summed E-state index contributed by atoms with van der Waals surface area (Å²) in [5.41, 5.74) is 1.06. The zero-order valence-corrected chi connectivity index (χ0v) is 12.6. The molecule has 1 saturated heterocycles. The lowest BCUT2D eigenvalue weighted by molar-refractivity contribution is -0.125. The fourth-order valence-electron chi connectivity index (χ4n) is 2.23. The van der Waals surface area contributed by atoms with Crippen molar-refractivity contribution in [3.8, 4) is 5.75 Å². The average Bonchev–Trinajstić information content (AvgIpc) is 2.46. The van der Waals surface area contributed by atoms with E-state index in [1.165, 1.54) is 0 Å². The van der Waals surface area contributed by atoms with E-state index in [1.807, 2.05) is 18.2 Å². The van der Waals surface area contributed by atoms with Crippen molar-refractivity contribution in [3.05, 3.63) is 28.2 Å². The monoisotopic (exact) mass is 326 g/mol. The van der Waals surface area contributed by atoms with Crippen LogP contribution in [-0.4, -0.2) is 26.1 Å². The molecule has 5 heteroatoms. The number of halogens is 1. The van der Waals surface area contributed by atoms with E-state index in [9.17, 15) is 4.79 Å². The summed E-state index contributed by atoms with van der Waals surface area (Å²) in [5.74, 6) is 1.04. The van der Waals surface area contributed by atoms with Crippen molar-refractivity contribution < 1.29 is 9.53 Å². The third-order valence-electron chi connectivity index (χ3n) is 3.35. The number of amides is 1. The molecule has 1 amide bonds. The number of carbonyl (C=O) groups excluding carboxylic acids is 1. The molecule has 0 spiro atoms. The highest BCUT2D eigenvalue weighted by Gasteiger charge is 2.20. The molecule has 0 aliphatic carbocycles. The van der Waals surface area contributed by atoms with E-state index in [-0.39, 0.29) is 11.8 Å². The van der Waals surface area contributed by atoms with Gasteiger partial charge in [0.25, 0.3) is 0 Å². The Bertz CT molecular complexity index is 445. The third kappa shape index (κ3) is 3.94. The van der Waals surface area contributed by atoms with Crippen LogP contribution in [0.2, 0.25) is 0 Å². The maximum atomic E-state index is 12.0. The molecule has 1 fully saturated rings. The summed E-state index contributed by atoms with van der Waals surface area (Å²) in [6, 6.07) is 5.83. The standard InChI is InChI=1S/C14H19BrN2O2/c1-19-13-5-4-10(7-12(13)15)8-17-14(18)11-3-2-6-16-9-11/h4-5,7,11,16H,2-3,6,8-9H2,1H3,(H,17,18). The normalized spacial score (nSPS) is 18.9. The van der Waals surface area contributed by atoms with Crippen LogP contribution in [-0.2, 0) is 11.3 Å². The van der Waals surface area contributed by atoms with Crippen LogP contribution in [0.4, 0.5) is 0 Å². The van der Waals surface area contributed by atoms with Gasteiger partial charge in [0.1, 0.15) is 5.75 Å². The van der Waals surface area contributed by atoms with E-state index in [0.29, 0.717) is 6.54 Å². The Kier molecular flexibility index (Phi) is 5.22. The maximum Gasteiger partial charge on any atom is 0.224 e. The van der Waals surface area contributed by atoms with Crippen molar-refractivity contribution in [3.63, 3.8) is 0 Å². The summed E-state index contributed by atoms with van der Waals surface area (Å²) in [7, 11) is 1.64. The number of nitrogens with one attached hydrogen (secondary N) is 2. The van der Waals surface area contributed by atoms with Gasteiger partial charge >= 0.3 is 0 Å². The summed E-state index contributed by atoms with van der Waals surface area (Å²) in [5, 5.41) is 6.25. The molecule has 1 unspecified atom stereocenters. The molecule has 2 rings (SSSR count). The molecule has 0 saturated carbocycles. The number of carbonyl (C=O) groups is 1. The van der Waals surface area contributed by atoms with Crippen LogP contribution in [0.25, 0.3) is 0 Å². The number of hydrogen-bond acceptors (Lipinski definition) is 3. The first kappa shape index (κ1) is 14.3. The molecule has 1 aliphatic rings. The summed E-state index contributed by atoms with van der Waals surface area (Å²) in [6.07, 6.45) is 2.05. The second kappa shape index (κ2) is 6.91. The molecule has 1 aromatic rings. The van der Waals surface area contributed by atoms with Gasteiger partial charge in [0.05, 0.1) is 17.5 Å². The van der Waals surface area contributed by atoms with Crippen molar-refractivity contribution in [1.29, 1.82) is 0 Å². The summed E-state index contributed by atoms with van der Waals surface area (Å²) < 4.78 is 6.08. The van der Waals surface area contributed by atoms with E-state index in [0.717, 1.165) is 41.7 Å². The second-order valence-electron chi connectivity index (χ2n) is 4.73. The Morgan fingerprint density at radius 3 is 3.05 bits per heavy atom. The highest BCUT2D eigenvalue weighted by molar-refractivity contribution is 9.10. The third-order valence-corrected chi connectivity index (χ3v) is 3.97. The molecule has 19 heavy (non-hydrogen) atoms. The fraction of sp³-hybridized carbons (Fsp3) is 0.500. The molecule has 1 aliphatic heterocycles. The van der Waals surface area contributed by atoms with Crippen molar-refractivity contribution in [2.45, 2.75) is 19.4 Å². The summed E-state index contributed by atoms with van der Waals surface area (Å²) in [4.78, 5) is 12.0. The van der Waals surface area contributed by atoms with Gasteiger partial charge in [0.15, 0.2) is 0 Å². The molecule has 104 valence electrons. The molecule has 0 bridgehead atoms. The Labute approximate surface area is 122 Å². The SMILES string of the molecule is COc1ccc(CNC(=O)C2CCCNC2)cc1Br. The fourth-order valence-corrected chi connectivity index (χ4v) is 2.82. The van der Waals surface area contributed by atoms with Crippen LogP contribution in [0.3, 0.4) is 0 Å². The molecule has 1 atom stereocenters. The Morgan fingerprint density at radius 1 is 1.58 bits per heavy atom. The first-order valence-corrected chi connectivity index (χ1v) is 7.31. The van der Waals surface area contributed by atoms with Gasteiger partial charge in [-0.25, -0.2) is 0 Å². The zero-order valence-electron chi connectivity index (χ0n) is 11.0. The molecule has 1 aromatic carbocycles. The van der Waals surface area contributed by atoms with Crippen molar-refractivity contribution in [2.75, 3.05) is 20.2 Å². The van der Waals surface area contributed by atoms with Gasteiger partial charge in [0.2, 0.25) is 5.91 Å². The summed E-state index contributed by atoms with van der Waals surface area (Å²) >= 11 is 3.44. The van der Waals surface area contributed by atoms with Gasteiger partial charge < -0.3 is 15.4 Å². The van der Waals surface area contributed by atoms with Crippen molar-refractivity contribution in [2.24, 2.45) is 5.92 Å². The van der Waals surface area contributed by atoms with Gasteiger partial charge in [-0.1, -0.05) is 6.07 Å². The van der Waals surface area contributed by atoms with Crippen molar-refractivity contribution in [1.82, 2.24) is 10.6 Å². The van der Waals surface area contributed by atoms with E-state index < -0.39 is 0 Å². The lowest BCUT2D eigenvalue weighted by Crippen LogP contribution is -2.40. The van der Waals surface area contributed by atoms with E-state index in [1.54, 1.807) is 7.11 Å². The van der Waals surface area contributed by atoms with E-state index >= 15 is 0 Å². The molecule has 0 radical (unpaired) electrons. The Balaban J connectivity index is 1.87. The van der Waals surface area contributed by atoms with Crippen LogP contribution in [0, 0.1) is 5.92 Å². The van der Waals surface area contributed by atoms with Gasteiger partial charge in [-0.2, -0.15) is 0 Å². The van der Waals surface area contributed by atoms with Crippen LogP contribution < -0.4 is 15.4 Å². The van der Waals surface area contributed by atoms with Crippen LogP contribution in [0.15, 0.2) is 22.7 Å². The highest BCUT2D eigenvalue weighted by atomic mass is 79.9. The van der Waals surface area contributed by atoms with Gasteiger partial charge in [-0.05, 0) is 53.0 Å². The van der Waals surface area contributed by atoms with Crippen LogP contribution in [0.5, 0.6) is 5.75 Å². The quantitative estimate of drug-likeness (QED) is 0.890. The second-order valence-corrected chi connectivity index (χ2v) is 5.58. The van der Waals surface area contributed by atoms with E-state index in [4.69, 9.17) is 4.74 Å². The largest absolute Gasteiger partial charge is 0.496 e. The lowest BCUT2D eigenvalue weighted by Gasteiger charge is -2.21. The molecule has 2 N–H and O–H groups in total. The van der Waals surface area contributed by atoms with Gasteiger partial charge in [-0.3, -0.25) is 4.79 Å². The first-order valence-electron chi connectivity index (χ1n) is 6.51. The minimum Gasteiger partial charge on any atom is -0.496 e. The number of piperidine rings is 1. The van der Waals surface area contributed by atoms with Crippen LogP contribution in [0.1, 0.15) is 18.4 Å². The first-order chi connectivity index (χ1) is 9.20.